The van der Waals surface area contributed by atoms with Crippen molar-refractivity contribution in [3.05, 3.63) is 33.8 Å². The third-order valence-corrected chi connectivity index (χ3v) is 6.18. The van der Waals surface area contributed by atoms with E-state index in [1.165, 1.54) is 0 Å². The standard InChI is InChI=1S/C15H14Cl2INOS/c1-9(2)13-14(20)19(7-3-6-18)15(21-13)10-4-5-11(16)12(17)8-10/h4-5,8-9,13,15H,7H2,1-2H3. The van der Waals surface area contributed by atoms with E-state index >= 15 is 0 Å². The van der Waals surface area contributed by atoms with Gasteiger partial charge in [-0.15, -0.1) is 11.8 Å². The lowest BCUT2D eigenvalue weighted by atomic mass is 10.1. The quantitative estimate of drug-likeness (QED) is 0.474. The lowest BCUT2D eigenvalue weighted by Crippen LogP contribution is -2.33. The van der Waals surface area contributed by atoms with Crippen LogP contribution >= 0.6 is 57.6 Å². The zero-order valence-electron chi connectivity index (χ0n) is 11.6. The van der Waals surface area contributed by atoms with Crippen molar-refractivity contribution < 1.29 is 4.79 Å². The second-order valence-electron chi connectivity index (χ2n) is 5.06. The van der Waals surface area contributed by atoms with Crippen LogP contribution in [0, 0.1) is 15.8 Å². The molecule has 0 N–H and O–H groups in total. The largest absolute Gasteiger partial charge is 0.314 e. The highest BCUT2D eigenvalue weighted by atomic mass is 127. The van der Waals surface area contributed by atoms with Crippen molar-refractivity contribution in [3.63, 3.8) is 0 Å². The summed E-state index contributed by atoms with van der Waals surface area (Å²) in [5, 5.41) is 0.932. The fourth-order valence-corrected chi connectivity index (χ4v) is 4.14. The van der Waals surface area contributed by atoms with Gasteiger partial charge in [0, 0.05) is 22.6 Å². The van der Waals surface area contributed by atoms with Crippen LogP contribution in [-0.2, 0) is 4.79 Å². The molecule has 1 fully saturated rings. The van der Waals surface area contributed by atoms with Gasteiger partial charge in [-0.25, -0.2) is 0 Å². The Morgan fingerprint density at radius 2 is 2.10 bits per heavy atom. The molecule has 2 unspecified atom stereocenters. The fourth-order valence-electron chi connectivity index (χ4n) is 2.19. The number of carbonyl (C=O) groups is 1. The van der Waals surface area contributed by atoms with E-state index < -0.39 is 0 Å². The molecule has 1 saturated heterocycles. The van der Waals surface area contributed by atoms with Crippen LogP contribution in [0.25, 0.3) is 0 Å². The molecule has 1 aromatic carbocycles. The van der Waals surface area contributed by atoms with E-state index in [0.717, 1.165) is 5.56 Å². The summed E-state index contributed by atoms with van der Waals surface area (Å²) in [7, 11) is 0. The van der Waals surface area contributed by atoms with E-state index in [1.54, 1.807) is 17.8 Å². The van der Waals surface area contributed by atoms with Gasteiger partial charge in [-0.1, -0.05) is 49.0 Å². The van der Waals surface area contributed by atoms with Gasteiger partial charge < -0.3 is 4.90 Å². The van der Waals surface area contributed by atoms with Gasteiger partial charge >= 0.3 is 0 Å². The average Bonchev–Trinajstić information content (AvgIpc) is 2.77. The first-order chi connectivity index (χ1) is 9.95. The van der Waals surface area contributed by atoms with Crippen LogP contribution in [-0.4, -0.2) is 22.6 Å². The summed E-state index contributed by atoms with van der Waals surface area (Å²) in [6.45, 7) is 4.56. The molecule has 0 aromatic heterocycles. The number of rotatable bonds is 3. The van der Waals surface area contributed by atoms with Gasteiger partial charge in [-0.3, -0.25) is 4.79 Å². The molecule has 0 saturated carbocycles. The van der Waals surface area contributed by atoms with Crippen molar-refractivity contribution in [1.82, 2.24) is 4.90 Å². The molecule has 1 aromatic rings. The molecule has 2 nitrogen and oxygen atoms in total. The highest BCUT2D eigenvalue weighted by Crippen LogP contribution is 2.46. The summed E-state index contributed by atoms with van der Waals surface area (Å²) >= 11 is 15.7. The fraction of sp³-hybridized carbons (Fsp3) is 0.400. The molecule has 0 spiro atoms. The third kappa shape index (κ3) is 3.82. The molecule has 1 aliphatic heterocycles. The van der Waals surface area contributed by atoms with Crippen LogP contribution in [0.15, 0.2) is 18.2 Å². The van der Waals surface area contributed by atoms with E-state index in [4.69, 9.17) is 23.2 Å². The summed E-state index contributed by atoms with van der Waals surface area (Å²) in [4.78, 5) is 14.4. The van der Waals surface area contributed by atoms with E-state index in [0.29, 0.717) is 16.6 Å². The molecular formula is C15H14Cl2INOS. The predicted molar refractivity (Wildman–Crippen MR) is 98.9 cm³/mol. The summed E-state index contributed by atoms with van der Waals surface area (Å²) in [6, 6.07) is 5.53. The number of thioether (sulfide) groups is 1. The Balaban J connectivity index is 2.35. The first-order valence-corrected chi connectivity index (χ1v) is 9.22. The van der Waals surface area contributed by atoms with E-state index in [2.05, 4.69) is 23.7 Å². The van der Waals surface area contributed by atoms with E-state index in [9.17, 15) is 4.79 Å². The van der Waals surface area contributed by atoms with E-state index in [-0.39, 0.29) is 22.4 Å². The van der Waals surface area contributed by atoms with Crippen LogP contribution in [0.2, 0.25) is 10.0 Å². The van der Waals surface area contributed by atoms with Gasteiger partial charge in [0.05, 0.1) is 21.8 Å². The molecule has 112 valence electrons. The first-order valence-electron chi connectivity index (χ1n) is 6.45. The van der Waals surface area contributed by atoms with Crippen LogP contribution in [0.3, 0.4) is 0 Å². The SMILES string of the molecule is CC(C)C1SC(c2ccc(Cl)c(Cl)c2)N(CC#CI)C1=O. The van der Waals surface area contributed by atoms with Gasteiger partial charge in [-0.05, 0) is 27.5 Å². The van der Waals surface area contributed by atoms with Gasteiger partial charge in [-0.2, -0.15) is 0 Å². The Morgan fingerprint density at radius 3 is 2.67 bits per heavy atom. The van der Waals surface area contributed by atoms with E-state index in [1.807, 2.05) is 39.6 Å². The molecule has 0 aliphatic carbocycles. The number of halogens is 3. The summed E-state index contributed by atoms with van der Waals surface area (Å²) in [5.41, 5.74) is 0.987. The summed E-state index contributed by atoms with van der Waals surface area (Å²) < 4.78 is 2.82. The maximum Gasteiger partial charge on any atom is 0.238 e. The third-order valence-electron chi connectivity index (χ3n) is 3.24. The number of nitrogens with zero attached hydrogens (tertiary/aromatic N) is 1. The monoisotopic (exact) mass is 453 g/mol. The second kappa shape index (κ2) is 7.45. The van der Waals surface area contributed by atoms with Gasteiger partial charge in [0.25, 0.3) is 0 Å². The summed E-state index contributed by atoms with van der Waals surface area (Å²) in [6.07, 6.45) is 0. The molecule has 2 atom stereocenters. The maximum atomic E-state index is 12.6. The lowest BCUT2D eigenvalue weighted by Gasteiger charge is -2.22. The number of hydrogen-bond acceptors (Lipinski definition) is 2. The van der Waals surface area contributed by atoms with Crippen LogP contribution in [0.1, 0.15) is 24.8 Å². The van der Waals surface area contributed by atoms with Gasteiger partial charge in [0.15, 0.2) is 0 Å². The van der Waals surface area contributed by atoms with Crippen molar-refractivity contribution >= 4 is 63.5 Å². The maximum absolute atomic E-state index is 12.6. The Kier molecular flexibility index (Phi) is 6.13. The molecule has 1 amide bonds. The molecule has 2 rings (SSSR count). The number of benzene rings is 1. The van der Waals surface area contributed by atoms with Crippen molar-refractivity contribution in [2.24, 2.45) is 5.92 Å². The minimum absolute atomic E-state index is 0.0412. The Bertz CT molecular complexity index is 611. The number of carbonyl (C=O) groups excluding carboxylic acids is 1. The molecular weight excluding hydrogens is 440 g/mol. The minimum Gasteiger partial charge on any atom is -0.314 e. The molecule has 1 aliphatic rings. The second-order valence-corrected chi connectivity index (χ2v) is 7.64. The number of amides is 1. The highest BCUT2D eigenvalue weighted by Gasteiger charge is 2.42. The van der Waals surface area contributed by atoms with Crippen molar-refractivity contribution in [2.45, 2.75) is 24.5 Å². The van der Waals surface area contributed by atoms with Crippen LogP contribution < -0.4 is 0 Å². The Hall–Kier alpha value is -0.0900. The smallest absolute Gasteiger partial charge is 0.238 e. The van der Waals surface area contributed by atoms with Gasteiger partial charge in [0.2, 0.25) is 5.91 Å². The van der Waals surface area contributed by atoms with Crippen LogP contribution in [0.4, 0.5) is 0 Å². The molecule has 0 radical (unpaired) electrons. The molecule has 21 heavy (non-hydrogen) atoms. The van der Waals surface area contributed by atoms with Crippen molar-refractivity contribution in [2.75, 3.05) is 6.54 Å². The molecule has 6 heteroatoms. The first kappa shape index (κ1) is 17.3. The average molecular weight is 454 g/mol. The van der Waals surface area contributed by atoms with Crippen LogP contribution in [0.5, 0.6) is 0 Å². The summed E-state index contributed by atoms with van der Waals surface area (Å²) in [5.74, 6) is 3.40. The Morgan fingerprint density at radius 1 is 1.38 bits per heavy atom. The number of hydrogen-bond donors (Lipinski definition) is 0. The normalized spacial score (nSPS) is 21.6. The lowest BCUT2D eigenvalue weighted by molar-refractivity contribution is -0.130. The predicted octanol–water partition coefficient (Wildman–Crippen LogP) is 4.99. The van der Waals surface area contributed by atoms with Crippen molar-refractivity contribution in [1.29, 1.82) is 0 Å². The Labute approximate surface area is 153 Å². The highest BCUT2D eigenvalue weighted by molar-refractivity contribution is 14.1. The molecule has 1 heterocycles. The van der Waals surface area contributed by atoms with Crippen molar-refractivity contribution in [3.8, 4) is 9.85 Å². The minimum atomic E-state index is -0.0584. The zero-order chi connectivity index (χ0) is 15.6. The van der Waals surface area contributed by atoms with Gasteiger partial charge in [0.1, 0.15) is 5.37 Å². The molecule has 0 bridgehead atoms. The zero-order valence-corrected chi connectivity index (χ0v) is 16.1. The topological polar surface area (TPSA) is 20.3 Å².